The molecule has 0 fully saturated rings. The van der Waals surface area contributed by atoms with Gasteiger partial charge in [0.05, 0.1) is 8.41 Å². The van der Waals surface area contributed by atoms with Gasteiger partial charge in [0.25, 0.3) is 0 Å². The predicted molar refractivity (Wildman–Crippen MR) is 36.5 cm³/mol. The van der Waals surface area contributed by atoms with Gasteiger partial charge in [-0.2, -0.15) is 0 Å². The normalized spacial score (nSPS) is 5.20. The van der Waals surface area contributed by atoms with Crippen LogP contribution in [0.3, 0.4) is 0 Å². The minimum Gasteiger partial charge on any atom is -0.219 e. The van der Waals surface area contributed by atoms with Crippen LogP contribution in [0, 0.1) is 0 Å². The van der Waals surface area contributed by atoms with E-state index in [1.807, 2.05) is 11.6 Å². The molecule has 0 aromatic heterocycles. The quantitative estimate of drug-likeness (QED) is 0.391. The van der Waals surface area contributed by atoms with Crippen molar-refractivity contribution in [2.24, 2.45) is 0 Å². The number of hydrogen-bond acceptors (Lipinski definition) is 1. The molecule has 0 bridgehead atoms. The SMILES string of the molecule is B.CBSC. The average Bonchev–Trinajstić information content (AvgIpc) is 1.37. The monoisotopic (exact) mass is 88.1 g/mol. The summed E-state index contributed by atoms with van der Waals surface area (Å²) in [6.45, 7) is 3.38. The third-order valence-corrected chi connectivity index (χ3v) is 0.866. The molecule has 0 atom stereocenters. The van der Waals surface area contributed by atoms with Crippen molar-refractivity contribution in [1.29, 1.82) is 0 Å². The van der Waals surface area contributed by atoms with Gasteiger partial charge in [-0.1, -0.05) is 6.82 Å². The lowest BCUT2D eigenvalue weighted by molar-refractivity contribution is 2.36. The predicted octanol–water partition coefficient (Wildman–Crippen LogP) is -0.435. The molecule has 5 heavy (non-hydrogen) atoms. The van der Waals surface area contributed by atoms with Gasteiger partial charge in [-0.05, 0) is 6.26 Å². The first-order chi connectivity index (χ1) is 1.91. The van der Waals surface area contributed by atoms with Gasteiger partial charge in [-0.25, -0.2) is 11.6 Å². The molecule has 0 aliphatic carbocycles. The molecule has 0 radical (unpaired) electrons. The van der Waals surface area contributed by atoms with Gasteiger partial charge >= 0.3 is 0 Å². The van der Waals surface area contributed by atoms with E-state index in [2.05, 4.69) is 13.1 Å². The molecule has 0 heterocycles. The zero-order valence-electron chi connectivity index (χ0n) is 3.12. The van der Waals surface area contributed by atoms with Crippen LogP contribution in [0.5, 0.6) is 0 Å². The zero-order valence-corrected chi connectivity index (χ0v) is 3.93. The lowest BCUT2D eigenvalue weighted by Crippen LogP contribution is -1.59. The first kappa shape index (κ1) is 9.08. The summed E-state index contributed by atoms with van der Waals surface area (Å²) in [5.41, 5.74) is 0. The van der Waals surface area contributed by atoms with E-state index in [4.69, 9.17) is 0 Å². The molecule has 30 valence electrons. The molecule has 0 aromatic carbocycles. The number of rotatable bonds is 1. The lowest BCUT2D eigenvalue weighted by Gasteiger charge is -1.66. The van der Waals surface area contributed by atoms with Crippen LogP contribution in [-0.4, -0.2) is 21.2 Å². The van der Waals surface area contributed by atoms with Gasteiger partial charge in [0.2, 0.25) is 0 Å². The van der Waals surface area contributed by atoms with E-state index >= 15 is 0 Å². The molecule has 0 aliphatic heterocycles. The minimum absolute atomic E-state index is 0. The molecule has 0 N–H and O–H groups in total. The van der Waals surface area contributed by atoms with Crippen molar-refractivity contribution in [1.82, 2.24) is 0 Å². The zero-order chi connectivity index (χ0) is 3.41. The summed E-state index contributed by atoms with van der Waals surface area (Å²) < 4.78 is 0. The molecule has 3 heteroatoms. The molecule has 0 amide bonds. The molecular formula is C2H10B2S. The fourth-order valence-electron chi connectivity index (χ4n) is 0. The third kappa shape index (κ3) is 12.6. The maximum Gasteiger partial charge on any atom is 0.188 e. The summed E-state index contributed by atoms with van der Waals surface area (Å²) >= 11 is 1.86. The van der Waals surface area contributed by atoms with Crippen LogP contribution in [0.2, 0.25) is 6.82 Å². The molecule has 0 aromatic rings. The fourth-order valence-corrected chi connectivity index (χ4v) is 0. The maximum atomic E-state index is 2.14. The molecule has 0 unspecified atom stereocenters. The van der Waals surface area contributed by atoms with E-state index in [1.165, 1.54) is 6.56 Å². The van der Waals surface area contributed by atoms with Crippen LogP contribution in [0.15, 0.2) is 0 Å². The van der Waals surface area contributed by atoms with E-state index < -0.39 is 0 Å². The van der Waals surface area contributed by atoms with Crippen LogP contribution in [0.4, 0.5) is 0 Å². The summed E-state index contributed by atoms with van der Waals surface area (Å²) in [7, 11) is 0. The van der Waals surface area contributed by atoms with Gasteiger partial charge in [-0.15, -0.1) is 0 Å². The molecule has 0 saturated heterocycles. The Hall–Kier alpha value is 0.480. The summed E-state index contributed by atoms with van der Waals surface area (Å²) in [6.07, 6.45) is 2.10. The van der Waals surface area contributed by atoms with E-state index in [1.54, 1.807) is 0 Å². The summed E-state index contributed by atoms with van der Waals surface area (Å²) in [5.74, 6) is 0. The van der Waals surface area contributed by atoms with Crippen molar-refractivity contribution in [3.63, 3.8) is 0 Å². The molecule has 0 nitrogen and oxygen atoms in total. The van der Waals surface area contributed by atoms with Crippen LogP contribution < -0.4 is 0 Å². The van der Waals surface area contributed by atoms with Crippen molar-refractivity contribution in [2.45, 2.75) is 6.82 Å². The number of hydrogen-bond donors (Lipinski definition) is 0. The standard InChI is InChI=1S/C2H7BS.BH3/c1-3-4-2;/h3H,1-2H3;1H3. The first-order valence-corrected chi connectivity index (χ1v) is 2.80. The Balaban J connectivity index is 0. The van der Waals surface area contributed by atoms with Gasteiger partial charge in [0.1, 0.15) is 0 Å². The summed E-state index contributed by atoms with van der Waals surface area (Å²) in [5, 5.41) is 0. The van der Waals surface area contributed by atoms with Crippen molar-refractivity contribution >= 4 is 26.6 Å². The van der Waals surface area contributed by atoms with E-state index in [9.17, 15) is 0 Å². The topological polar surface area (TPSA) is 0 Å². The van der Waals surface area contributed by atoms with E-state index in [0.717, 1.165) is 0 Å². The molecular weight excluding hydrogens is 77.7 g/mol. The van der Waals surface area contributed by atoms with Crippen molar-refractivity contribution in [2.75, 3.05) is 6.26 Å². The Labute approximate surface area is 40.4 Å². The minimum atomic E-state index is 0. The molecule has 0 rings (SSSR count). The second kappa shape index (κ2) is 8.82. The largest absolute Gasteiger partial charge is 0.219 e. The fraction of sp³-hybridized carbons (Fsp3) is 1.00. The molecule has 0 saturated carbocycles. The second-order valence-electron chi connectivity index (χ2n) is 0.577. The highest BCUT2D eigenvalue weighted by Crippen LogP contribution is 1.80. The highest BCUT2D eigenvalue weighted by atomic mass is 32.2. The van der Waals surface area contributed by atoms with Crippen LogP contribution >= 0.6 is 11.6 Å². The van der Waals surface area contributed by atoms with E-state index in [0.29, 0.717) is 0 Å². The smallest absolute Gasteiger partial charge is 0.188 e. The van der Waals surface area contributed by atoms with Crippen molar-refractivity contribution < 1.29 is 0 Å². The van der Waals surface area contributed by atoms with Gasteiger partial charge in [0.15, 0.2) is 6.56 Å². The first-order valence-electron chi connectivity index (χ1n) is 1.40. The van der Waals surface area contributed by atoms with Gasteiger partial charge in [0, 0.05) is 0 Å². The Morgan fingerprint density at radius 1 is 1.60 bits per heavy atom. The average molecular weight is 87.8 g/mol. The Morgan fingerprint density at radius 2 is 1.80 bits per heavy atom. The van der Waals surface area contributed by atoms with Gasteiger partial charge < -0.3 is 0 Å². The maximum absolute atomic E-state index is 2.14. The van der Waals surface area contributed by atoms with Crippen LogP contribution in [0.1, 0.15) is 0 Å². The summed E-state index contributed by atoms with van der Waals surface area (Å²) in [6, 6.07) is 0. The highest BCUT2D eigenvalue weighted by molar-refractivity contribution is 8.21. The van der Waals surface area contributed by atoms with Crippen molar-refractivity contribution in [3.8, 4) is 0 Å². The summed E-state index contributed by atoms with van der Waals surface area (Å²) in [4.78, 5) is 0. The van der Waals surface area contributed by atoms with Crippen LogP contribution in [0.25, 0.3) is 0 Å². The molecule has 0 aliphatic rings. The van der Waals surface area contributed by atoms with Gasteiger partial charge in [-0.3, -0.25) is 0 Å². The lowest BCUT2D eigenvalue weighted by atomic mass is 10.2. The van der Waals surface area contributed by atoms with Crippen LogP contribution in [-0.2, 0) is 0 Å². The van der Waals surface area contributed by atoms with E-state index in [-0.39, 0.29) is 8.41 Å². The Morgan fingerprint density at radius 3 is 1.80 bits per heavy atom. The highest BCUT2D eigenvalue weighted by Gasteiger charge is 1.61. The second-order valence-corrected chi connectivity index (χ2v) is 1.73. The van der Waals surface area contributed by atoms with Crippen molar-refractivity contribution in [3.05, 3.63) is 0 Å². The molecule has 0 spiro atoms. The Kier molecular flexibility index (Phi) is 16.0. The third-order valence-electron chi connectivity index (χ3n) is 0.289. The Bertz CT molecular complexity index is 9.61.